The van der Waals surface area contributed by atoms with Gasteiger partial charge >= 0.3 is 0 Å². The molecule has 0 fully saturated rings. The van der Waals surface area contributed by atoms with Crippen molar-refractivity contribution in [2.75, 3.05) is 7.11 Å². The molecule has 0 bridgehead atoms. The van der Waals surface area contributed by atoms with Crippen LogP contribution in [0, 0.1) is 5.92 Å². The quantitative estimate of drug-likeness (QED) is 0.866. The van der Waals surface area contributed by atoms with Crippen molar-refractivity contribution in [3.05, 3.63) is 23.3 Å². The van der Waals surface area contributed by atoms with Gasteiger partial charge in [-0.25, -0.2) is 0 Å². The van der Waals surface area contributed by atoms with E-state index in [4.69, 9.17) is 4.74 Å². The summed E-state index contributed by atoms with van der Waals surface area (Å²) in [6.45, 7) is 1.43. The lowest BCUT2D eigenvalue weighted by atomic mass is 9.78. The van der Waals surface area contributed by atoms with E-state index in [1.54, 1.807) is 0 Å². The lowest BCUT2D eigenvalue weighted by Gasteiger charge is -2.29. The van der Waals surface area contributed by atoms with Gasteiger partial charge in [0.2, 0.25) is 0 Å². The molecule has 5 nitrogen and oxygen atoms in total. The second kappa shape index (κ2) is 5.01. The molecule has 0 aliphatic heterocycles. The molecule has 5 heteroatoms. The summed E-state index contributed by atoms with van der Waals surface area (Å²) in [5.74, 6) is -0.602. The lowest BCUT2D eigenvalue weighted by Crippen LogP contribution is -2.26. The summed E-state index contributed by atoms with van der Waals surface area (Å²) in [5.41, 5.74) is 0.465. The summed E-state index contributed by atoms with van der Waals surface area (Å²) in [7, 11) is 1.44. The maximum absolute atomic E-state index is 12.0. The normalized spacial score (nSPS) is 21.9. The molecule has 1 aliphatic carbocycles. The van der Waals surface area contributed by atoms with Gasteiger partial charge in [0, 0.05) is 24.8 Å². The summed E-state index contributed by atoms with van der Waals surface area (Å²) in [5, 5.41) is 20.1. The smallest absolute Gasteiger partial charge is 0.167 e. The molecule has 19 heavy (non-hydrogen) atoms. The molecule has 0 saturated carbocycles. The Kier molecular flexibility index (Phi) is 3.57. The van der Waals surface area contributed by atoms with Crippen LogP contribution in [0.3, 0.4) is 0 Å². The zero-order valence-corrected chi connectivity index (χ0v) is 10.8. The number of methoxy groups -OCH3 is 1. The van der Waals surface area contributed by atoms with Gasteiger partial charge in [-0.05, 0) is 18.6 Å². The van der Waals surface area contributed by atoms with Gasteiger partial charge in [0.15, 0.2) is 5.78 Å². The van der Waals surface area contributed by atoms with Crippen LogP contribution in [0.4, 0.5) is 0 Å². The average Bonchev–Trinajstić information content (AvgIpc) is 2.33. The van der Waals surface area contributed by atoms with Gasteiger partial charge in [0.05, 0.1) is 18.8 Å². The first-order chi connectivity index (χ1) is 8.93. The molecule has 0 heterocycles. The van der Waals surface area contributed by atoms with E-state index in [2.05, 4.69) is 0 Å². The first kappa shape index (κ1) is 13.5. The number of phenols is 1. The Hall–Kier alpha value is -1.88. The number of ether oxygens (including phenoxy) is 1. The van der Waals surface area contributed by atoms with Gasteiger partial charge in [-0.1, -0.05) is 0 Å². The van der Waals surface area contributed by atoms with Gasteiger partial charge in [0.1, 0.15) is 17.3 Å². The molecule has 0 saturated heterocycles. The highest BCUT2D eigenvalue weighted by Gasteiger charge is 2.35. The fourth-order valence-electron chi connectivity index (χ4n) is 2.54. The minimum Gasteiger partial charge on any atom is -0.507 e. The number of aromatic hydroxyl groups is 1. The minimum absolute atomic E-state index is 0.0631. The SMILES string of the molecule is COc1cc(O)c2c(c1)[C@@H](O)[C@H](CC(C)=O)CC2=O. The molecule has 2 rings (SSSR count). The maximum atomic E-state index is 12.0. The summed E-state index contributed by atoms with van der Waals surface area (Å²) in [4.78, 5) is 23.2. The number of ketones is 2. The summed E-state index contributed by atoms with van der Waals surface area (Å²) < 4.78 is 5.01. The van der Waals surface area contributed by atoms with Crippen molar-refractivity contribution >= 4 is 11.6 Å². The summed E-state index contributed by atoms with van der Waals surface area (Å²) in [6, 6.07) is 2.87. The largest absolute Gasteiger partial charge is 0.507 e. The van der Waals surface area contributed by atoms with Crippen LogP contribution in [-0.4, -0.2) is 28.9 Å². The van der Waals surface area contributed by atoms with Crippen LogP contribution in [-0.2, 0) is 4.79 Å². The molecule has 1 aliphatic rings. The van der Waals surface area contributed by atoms with Crippen LogP contribution >= 0.6 is 0 Å². The van der Waals surface area contributed by atoms with E-state index in [9.17, 15) is 19.8 Å². The highest BCUT2D eigenvalue weighted by molar-refractivity contribution is 6.02. The van der Waals surface area contributed by atoms with E-state index in [1.807, 2.05) is 0 Å². The van der Waals surface area contributed by atoms with Crippen molar-refractivity contribution in [2.45, 2.75) is 25.9 Å². The molecular weight excluding hydrogens is 248 g/mol. The highest BCUT2D eigenvalue weighted by Crippen LogP contribution is 2.41. The second-order valence-corrected chi connectivity index (χ2v) is 4.85. The van der Waals surface area contributed by atoms with Gasteiger partial charge < -0.3 is 19.7 Å². The molecule has 0 aromatic heterocycles. The Morgan fingerprint density at radius 2 is 2.16 bits per heavy atom. The van der Waals surface area contributed by atoms with E-state index >= 15 is 0 Å². The molecule has 0 radical (unpaired) electrons. The van der Waals surface area contributed by atoms with E-state index in [-0.39, 0.29) is 35.7 Å². The fraction of sp³-hybridized carbons (Fsp3) is 0.429. The second-order valence-electron chi connectivity index (χ2n) is 4.85. The van der Waals surface area contributed by atoms with Crippen LogP contribution in [0.25, 0.3) is 0 Å². The van der Waals surface area contributed by atoms with Crippen LogP contribution in [0.2, 0.25) is 0 Å². The van der Waals surface area contributed by atoms with E-state index in [0.717, 1.165) is 0 Å². The summed E-state index contributed by atoms with van der Waals surface area (Å²) in [6.07, 6.45) is -0.740. The molecule has 0 amide bonds. The molecule has 2 atom stereocenters. The van der Waals surface area contributed by atoms with Crippen molar-refractivity contribution < 1.29 is 24.5 Å². The Morgan fingerprint density at radius 3 is 2.74 bits per heavy atom. The number of aliphatic hydroxyl groups is 1. The van der Waals surface area contributed by atoms with E-state index in [1.165, 1.54) is 26.2 Å². The van der Waals surface area contributed by atoms with Crippen LogP contribution in [0.15, 0.2) is 12.1 Å². The zero-order chi connectivity index (χ0) is 14.2. The lowest BCUT2D eigenvalue weighted by molar-refractivity contribution is -0.118. The molecule has 1 aromatic rings. The Bertz CT molecular complexity index is 535. The van der Waals surface area contributed by atoms with Crippen molar-refractivity contribution in [1.29, 1.82) is 0 Å². The molecule has 2 N–H and O–H groups in total. The monoisotopic (exact) mass is 264 g/mol. The number of carbonyl (C=O) groups is 2. The predicted molar refractivity (Wildman–Crippen MR) is 67.4 cm³/mol. The number of carbonyl (C=O) groups excluding carboxylic acids is 2. The molecular formula is C14H16O5. The zero-order valence-electron chi connectivity index (χ0n) is 10.8. The van der Waals surface area contributed by atoms with Gasteiger partial charge in [0.25, 0.3) is 0 Å². The van der Waals surface area contributed by atoms with Crippen molar-refractivity contribution in [3.63, 3.8) is 0 Å². The number of hydrogen-bond donors (Lipinski definition) is 2. The molecule has 0 spiro atoms. The number of rotatable bonds is 3. The highest BCUT2D eigenvalue weighted by atomic mass is 16.5. The first-order valence-corrected chi connectivity index (χ1v) is 6.05. The predicted octanol–water partition coefficient (Wildman–Crippen LogP) is 1.62. The van der Waals surface area contributed by atoms with Crippen molar-refractivity contribution in [2.24, 2.45) is 5.92 Å². The van der Waals surface area contributed by atoms with Crippen LogP contribution in [0.5, 0.6) is 11.5 Å². The average molecular weight is 264 g/mol. The number of fused-ring (bicyclic) bond motifs is 1. The fourth-order valence-corrected chi connectivity index (χ4v) is 2.54. The Labute approximate surface area is 110 Å². The molecule has 0 unspecified atom stereocenters. The summed E-state index contributed by atoms with van der Waals surface area (Å²) >= 11 is 0. The molecule has 1 aromatic carbocycles. The van der Waals surface area contributed by atoms with Gasteiger partial charge in [-0.2, -0.15) is 0 Å². The van der Waals surface area contributed by atoms with Crippen LogP contribution < -0.4 is 4.74 Å². The topological polar surface area (TPSA) is 83.8 Å². The van der Waals surface area contributed by atoms with Gasteiger partial charge in [-0.15, -0.1) is 0 Å². The number of phenolic OH excluding ortho intramolecular Hbond substituents is 1. The number of benzene rings is 1. The third-order valence-electron chi connectivity index (χ3n) is 3.40. The van der Waals surface area contributed by atoms with Crippen LogP contribution in [0.1, 0.15) is 41.8 Å². The number of Topliss-reactive ketones (excluding diaryl/α,β-unsaturated/α-hetero) is 2. The minimum atomic E-state index is -0.947. The first-order valence-electron chi connectivity index (χ1n) is 6.05. The third-order valence-corrected chi connectivity index (χ3v) is 3.40. The van der Waals surface area contributed by atoms with E-state index < -0.39 is 12.0 Å². The Balaban J connectivity index is 2.47. The number of aliphatic hydroxyl groups excluding tert-OH is 1. The number of hydrogen-bond acceptors (Lipinski definition) is 5. The molecule has 102 valence electrons. The van der Waals surface area contributed by atoms with E-state index in [0.29, 0.717) is 11.3 Å². The standard InChI is InChI=1S/C14H16O5/c1-7(15)3-8-4-11(16)13-10(14(8)18)5-9(19-2)6-12(13)17/h5-6,8,14,17-18H,3-4H2,1-2H3/t8-,14+/m1/s1. The third kappa shape index (κ3) is 2.46. The van der Waals surface area contributed by atoms with Crippen molar-refractivity contribution in [3.8, 4) is 11.5 Å². The van der Waals surface area contributed by atoms with Gasteiger partial charge in [-0.3, -0.25) is 4.79 Å². The van der Waals surface area contributed by atoms with Crippen molar-refractivity contribution in [1.82, 2.24) is 0 Å². The maximum Gasteiger partial charge on any atom is 0.167 e. The Morgan fingerprint density at radius 1 is 1.47 bits per heavy atom.